The highest BCUT2D eigenvalue weighted by molar-refractivity contribution is 6.04. The molecule has 1 atom stereocenters. The molecule has 1 fully saturated rings. The van der Waals surface area contributed by atoms with Gasteiger partial charge in [0.15, 0.2) is 0 Å². The Kier molecular flexibility index (Phi) is 5.78. The van der Waals surface area contributed by atoms with Gasteiger partial charge in [0.2, 0.25) is 11.8 Å². The van der Waals surface area contributed by atoms with E-state index < -0.39 is 11.9 Å². The average Bonchev–Trinajstić information content (AvgIpc) is 3.06. The Hall–Kier alpha value is -3.15. The summed E-state index contributed by atoms with van der Waals surface area (Å²) in [6, 6.07) is 12.4. The van der Waals surface area contributed by atoms with Crippen LogP contribution in [-0.2, 0) is 14.3 Å². The summed E-state index contributed by atoms with van der Waals surface area (Å²) in [5.41, 5.74) is 4.03. The molecule has 146 valence electrons. The fourth-order valence-electron chi connectivity index (χ4n) is 3.29. The predicted molar refractivity (Wildman–Crippen MR) is 107 cm³/mol. The Bertz CT molecular complexity index is 905. The smallest absolute Gasteiger partial charge is 0.338 e. The lowest BCUT2D eigenvalue weighted by Gasteiger charge is -2.20. The predicted octanol–water partition coefficient (Wildman–Crippen LogP) is 3.47. The Morgan fingerprint density at radius 2 is 1.86 bits per heavy atom. The van der Waals surface area contributed by atoms with E-state index in [1.165, 1.54) is 0 Å². The van der Waals surface area contributed by atoms with Gasteiger partial charge in [0.1, 0.15) is 0 Å². The Morgan fingerprint density at radius 3 is 2.54 bits per heavy atom. The molecule has 6 heteroatoms. The fourth-order valence-corrected chi connectivity index (χ4v) is 3.29. The minimum atomic E-state index is -0.419. The van der Waals surface area contributed by atoms with Crippen LogP contribution in [-0.4, -0.2) is 30.9 Å². The number of hydrogen-bond acceptors (Lipinski definition) is 4. The molecule has 1 N–H and O–H groups in total. The van der Waals surface area contributed by atoms with Crippen LogP contribution in [0.4, 0.5) is 11.4 Å². The first-order valence-electron chi connectivity index (χ1n) is 9.35. The van der Waals surface area contributed by atoms with Crippen LogP contribution in [0.1, 0.15) is 34.8 Å². The molecule has 1 heterocycles. The van der Waals surface area contributed by atoms with E-state index in [1.54, 1.807) is 36.1 Å². The van der Waals surface area contributed by atoms with Crippen molar-refractivity contribution in [2.75, 3.05) is 23.4 Å². The van der Waals surface area contributed by atoms with E-state index in [1.807, 2.05) is 32.0 Å². The van der Waals surface area contributed by atoms with E-state index in [9.17, 15) is 14.4 Å². The zero-order valence-electron chi connectivity index (χ0n) is 16.3. The maximum absolute atomic E-state index is 12.6. The van der Waals surface area contributed by atoms with Gasteiger partial charge in [-0.3, -0.25) is 9.59 Å². The van der Waals surface area contributed by atoms with Crippen molar-refractivity contribution in [2.24, 2.45) is 5.92 Å². The molecule has 2 aromatic rings. The number of aryl methyl sites for hydroxylation is 1. The third kappa shape index (κ3) is 4.06. The van der Waals surface area contributed by atoms with Gasteiger partial charge in [0, 0.05) is 24.3 Å². The van der Waals surface area contributed by atoms with Crippen molar-refractivity contribution in [1.82, 2.24) is 0 Å². The summed E-state index contributed by atoms with van der Waals surface area (Å²) >= 11 is 0. The first-order chi connectivity index (χ1) is 13.4. The summed E-state index contributed by atoms with van der Waals surface area (Å²) in [4.78, 5) is 38.5. The number of benzene rings is 2. The van der Waals surface area contributed by atoms with Crippen LogP contribution >= 0.6 is 0 Å². The molecule has 1 aliphatic heterocycles. The molecule has 0 radical (unpaired) electrons. The Labute approximate surface area is 164 Å². The van der Waals surface area contributed by atoms with E-state index in [0.29, 0.717) is 24.4 Å². The SMILES string of the molecule is CCOC(=O)c1ccc(NC(=O)C2CC(=O)N(c3cccc(C)c3C)C2)cc1. The molecular weight excluding hydrogens is 356 g/mol. The number of ether oxygens (including phenoxy) is 1. The Balaban J connectivity index is 1.66. The summed E-state index contributed by atoms with van der Waals surface area (Å²) in [6.07, 6.45) is 0.181. The van der Waals surface area contributed by atoms with E-state index in [-0.39, 0.29) is 18.2 Å². The largest absolute Gasteiger partial charge is 0.462 e. The van der Waals surface area contributed by atoms with Gasteiger partial charge in [0.05, 0.1) is 18.1 Å². The lowest BCUT2D eigenvalue weighted by Crippen LogP contribution is -2.28. The van der Waals surface area contributed by atoms with Crippen molar-refractivity contribution in [3.8, 4) is 0 Å². The van der Waals surface area contributed by atoms with E-state index in [2.05, 4.69) is 5.32 Å². The quantitative estimate of drug-likeness (QED) is 0.806. The minimum Gasteiger partial charge on any atom is -0.462 e. The van der Waals surface area contributed by atoms with Crippen LogP contribution in [0.25, 0.3) is 0 Å². The van der Waals surface area contributed by atoms with E-state index in [0.717, 1.165) is 16.8 Å². The number of nitrogens with one attached hydrogen (secondary N) is 1. The normalized spacial score (nSPS) is 16.2. The third-order valence-corrected chi connectivity index (χ3v) is 5.03. The third-order valence-electron chi connectivity index (χ3n) is 5.03. The molecule has 3 rings (SSSR count). The van der Waals surface area contributed by atoms with Gasteiger partial charge in [-0.25, -0.2) is 4.79 Å². The van der Waals surface area contributed by atoms with E-state index >= 15 is 0 Å². The summed E-state index contributed by atoms with van der Waals surface area (Å²) in [7, 11) is 0. The number of carbonyl (C=O) groups excluding carboxylic acids is 3. The summed E-state index contributed by atoms with van der Waals surface area (Å²) in [6.45, 7) is 6.40. The van der Waals surface area contributed by atoms with Crippen molar-refractivity contribution in [1.29, 1.82) is 0 Å². The van der Waals surface area contributed by atoms with Crippen LogP contribution in [0.2, 0.25) is 0 Å². The van der Waals surface area contributed by atoms with Crippen LogP contribution in [0.15, 0.2) is 42.5 Å². The topological polar surface area (TPSA) is 75.7 Å². The number of nitrogens with zero attached hydrogens (tertiary/aromatic N) is 1. The zero-order valence-corrected chi connectivity index (χ0v) is 16.3. The van der Waals surface area contributed by atoms with Gasteiger partial charge in [-0.2, -0.15) is 0 Å². The number of amides is 2. The lowest BCUT2D eigenvalue weighted by atomic mass is 10.1. The first kappa shape index (κ1) is 19.6. The maximum Gasteiger partial charge on any atom is 0.338 e. The fraction of sp³-hybridized carbons (Fsp3) is 0.318. The van der Waals surface area contributed by atoms with Crippen molar-refractivity contribution >= 4 is 29.2 Å². The molecule has 0 aliphatic carbocycles. The maximum atomic E-state index is 12.6. The van der Waals surface area contributed by atoms with E-state index in [4.69, 9.17) is 4.74 Å². The summed E-state index contributed by atoms with van der Waals surface area (Å²) < 4.78 is 4.94. The molecule has 2 aromatic carbocycles. The van der Waals surface area contributed by atoms with Crippen LogP contribution in [0.5, 0.6) is 0 Å². The van der Waals surface area contributed by atoms with Gasteiger partial charge in [-0.05, 0) is 62.2 Å². The van der Waals surface area contributed by atoms with Crippen LogP contribution in [0, 0.1) is 19.8 Å². The lowest BCUT2D eigenvalue weighted by molar-refractivity contribution is -0.122. The number of hydrogen-bond donors (Lipinski definition) is 1. The van der Waals surface area contributed by atoms with Crippen LogP contribution < -0.4 is 10.2 Å². The standard InChI is InChI=1S/C22H24N2O4/c1-4-28-22(27)16-8-10-18(11-9-16)23-21(26)17-12-20(25)24(13-17)19-7-5-6-14(2)15(19)3/h5-11,17H,4,12-13H2,1-3H3,(H,23,26). The van der Waals surface area contributed by atoms with Gasteiger partial charge in [0.25, 0.3) is 0 Å². The van der Waals surface area contributed by atoms with Gasteiger partial charge < -0.3 is 15.0 Å². The zero-order chi connectivity index (χ0) is 20.3. The van der Waals surface area contributed by atoms with Gasteiger partial charge in [-0.15, -0.1) is 0 Å². The number of esters is 1. The molecular formula is C22H24N2O4. The second-order valence-electron chi connectivity index (χ2n) is 6.91. The average molecular weight is 380 g/mol. The molecule has 1 unspecified atom stereocenters. The molecule has 0 bridgehead atoms. The first-order valence-corrected chi connectivity index (χ1v) is 9.35. The molecule has 6 nitrogen and oxygen atoms in total. The number of rotatable bonds is 5. The molecule has 1 aliphatic rings. The summed E-state index contributed by atoms with van der Waals surface area (Å²) in [5.74, 6) is -1.07. The molecule has 0 saturated carbocycles. The van der Waals surface area contributed by atoms with Crippen LogP contribution in [0.3, 0.4) is 0 Å². The second-order valence-corrected chi connectivity index (χ2v) is 6.91. The molecule has 0 spiro atoms. The molecule has 2 amide bonds. The minimum absolute atomic E-state index is 0.0495. The van der Waals surface area contributed by atoms with Crippen molar-refractivity contribution in [2.45, 2.75) is 27.2 Å². The molecule has 28 heavy (non-hydrogen) atoms. The number of anilines is 2. The Morgan fingerprint density at radius 1 is 1.14 bits per heavy atom. The van der Waals surface area contributed by atoms with Crippen molar-refractivity contribution < 1.29 is 19.1 Å². The molecule has 0 aromatic heterocycles. The molecule has 1 saturated heterocycles. The highest BCUT2D eigenvalue weighted by Gasteiger charge is 2.35. The van der Waals surface area contributed by atoms with Crippen molar-refractivity contribution in [3.05, 3.63) is 59.2 Å². The summed E-state index contributed by atoms with van der Waals surface area (Å²) in [5, 5.41) is 2.83. The second kappa shape index (κ2) is 8.25. The van der Waals surface area contributed by atoms with Gasteiger partial charge >= 0.3 is 5.97 Å². The highest BCUT2D eigenvalue weighted by Crippen LogP contribution is 2.30. The van der Waals surface area contributed by atoms with Crippen molar-refractivity contribution in [3.63, 3.8) is 0 Å². The monoisotopic (exact) mass is 380 g/mol. The van der Waals surface area contributed by atoms with Gasteiger partial charge in [-0.1, -0.05) is 12.1 Å². The highest BCUT2D eigenvalue weighted by atomic mass is 16.5. The number of carbonyl (C=O) groups is 3.